The Labute approximate surface area is 529 Å². The average molecular weight is 1200 g/mol. The topological polar surface area (TPSA) is 189 Å². The zero-order valence-electron chi connectivity index (χ0n) is 53.0. The third-order valence-corrected chi connectivity index (χ3v) is 16.7. The van der Waals surface area contributed by atoms with Crippen LogP contribution in [0.3, 0.4) is 0 Å². The summed E-state index contributed by atoms with van der Waals surface area (Å²) in [5.74, 6) is -1.93. The van der Waals surface area contributed by atoms with Crippen molar-refractivity contribution in [2.45, 2.75) is 145 Å². The van der Waals surface area contributed by atoms with E-state index in [-0.39, 0.29) is 71.6 Å². The lowest BCUT2D eigenvalue weighted by molar-refractivity contribution is -0.486. The van der Waals surface area contributed by atoms with Crippen molar-refractivity contribution >= 4 is 57.8 Å². The Bertz CT molecular complexity index is 3710. The van der Waals surface area contributed by atoms with E-state index in [2.05, 4.69) is 157 Å². The number of amides is 4. The molecule has 4 aliphatic heterocycles. The highest BCUT2D eigenvalue weighted by Gasteiger charge is 2.33. The predicted molar refractivity (Wildman–Crippen MR) is 356 cm³/mol. The Morgan fingerprint density at radius 2 is 0.944 bits per heavy atom. The van der Waals surface area contributed by atoms with Crippen molar-refractivity contribution in [3.63, 3.8) is 0 Å². The number of anilines is 2. The molecule has 4 amide bonds. The van der Waals surface area contributed by atoms with Crippen LogP contribution < -0.4 is 31.3 Å². The van der Waals surface area contributed by atoms with Gasteiger partial charge in [-0.25, -0.2) is 9.97 Å². The zero-order valence-corrected chi connectivity index (χ0v) is 53.0. The van der Waals surface area contributed by atoms with E-state index in [1.165, 1.54) is 46.5 Å². The maximum Gasteiger partial charge on any atom is 0.270 e. The fourth-order valence-corrected chi connectivity index (χ4v) is 11.7. The quantitative estimate of drug-likeness (QED) is 0.0607. The molecule has 462 valence electrons. The van der Waals surface area contributed by atoms with E-state index >= 15 is 0 Å². The van der Waals surface area contributed by atoms with Gasteiger partial charge in [0.05, 0.1) is 0 Å². The first-order valence-electron chi connectivity index (χ1n) is 31.6. The molecule has 14 heteroatoms. The molecule has 8 bridgehead atoms. The van der Waals surface area contributed by atoms with Gasteiger partial charge in [-0.3, -0.25) is 24.0 Å². The molecule has 0 fully saturated rings. The minimum Gasteiger partial charge on any atom is -0.871 e. The molecule has 90 heavy (non-hydrogen) atoms. The number of nitrogens with one attached hydrogen (secondary N) is 4. The number of hydrogen-bond acceptors (Lipinski definition) is 9. The van der Waals surface area contributed by atoms with Crippen molar-refractivity contribution in [2.24, 2.45) is 0 Å². The first-order chi connectivity index (χ1) is 43.6. The predicted octanol–water partition coefficient (Wildman–Crippen LogP) is 13.4. The zero-order chi connectivity index (χ0) is 63.8. The van der Waals surface area contributed by atoms with Crippen LogP contribution in [0.1, 0.15) is 171 Å². The van der Waals surface area contributed by atoms with Gasteiger partial charge in [0.25, 0.3) is 23.6 Å². The van der Waals surface area contributed by atoms with E-state index in [1.807, 2.05) is 72.8 Å². The number of rotatable bonds is 14. The smallest absolute Gasteiger partial charge is 0.270 e. The number of nitrogens with zero attached hydrogens (tertiary/aromatic N) is 4. The van der Waals surface area contributed by atoms with Crippen LogP contribution in [0.5, 0.6) is 0 Å². The highest BCUT2D eigenvalue weighted by molar-refractivity contribution is 6.39. The molecule has 0 saturated carbocycles. The molecule has 5 aromatic carbocycles. The van der Waals surface area contributed by atoms with Gasteiger partial charge in [0.15, 0.2) is 11.8 Å². The maximum absolute atomic E-state index is 13.6. The van der Waals surface area contributed by atoms with Crippen molar-refractivity contribution < 1.29 is 33.7 Å². The lowest BCUT2D eigenvalue weighted by Gasteiger charge is -2.35. The van der Waals surface area contributed by atoms with Crippen LogP contribution in [0, 0.1) is 27.7 Å². The molecule has 0 radical (unpaired) electrons. The number of carbonyl (C=O) groups is 5. The van der Waals surface area contributed by atoms with E-state index in [0.29, 0.717) is 23.2 Å². The molecule has 2 unspecified atom stereocenters. The number of unbranched alkanes of at least 4 members (excludes halogenated alkanes) is 2. The summed E-state index contributed by atoms with van der Waals surface area (Å²) >= 11 is 0. The van der Waals surface area contributed by atoms with Crippen LogP contribution in [0.2, 0.25) is 0 Å². The summed E-state index contributed by atoms with van der Waals surface area (Å²) in [7, 11) is 0. The van der Waals surface area contributed by atoms with E-state index < -0.39 is 23.6 Å². The van der Waals surface area contributed by atoms with Crippen LogP contribution >= 0.6 is 0 Å². The summed E-state index contributed by atoms with van der Waals surface area (Å²) in [6, 6.07) is 46.3. The molecule has 4 N–H and O–H groups in total. The molecule has 0 saturated heterocycles. The number of hydrogen-bond donors (Lipinski definition) is 4. The second kappa shape index (κ2) is 30.4. The van der Waals surface area contributed by atoms with E-state index in [0.717, 1.165) is 72.2 Å². The lowest BCUT2D eigenvalue weighted by atomic mass is 9.80. The second-order valence-electron chi connectivity index (χ2n) is 23.4. The van der Waals surface area contributed by atoms with Gasteiger partial charge < -0.3 is 31.3 Å². The fraction of sp³-hybridized carbons (Fsp3) is 0.289. The summed E-state index contributed by atoms with van der Waals surface area (Å²) in [6.07, 6.45) is 17.0. The summed E-state index contributed by atoms with van der Waals surface area (Å²) < 4.78 is 2.45. The number of carbonyl (C=O) groups excluding carboxylic acids is 5. The lowest BCUT2D eigenvalue weighted by Crippen LogP contribution is -2.32. The normalized spacial score (nSPS) is 15.1. The number of Topliss-reactive ketones (excluding diaryl/α,β-unsaturated/α-hetero) is 1. The molecule has 7 aromatic rings. The number of pyridine rings is 2. The largest absolute Gasteiger partial charge is 0.871 e. The van der Waals surface area contributed by atoms with Crippen molar-refractivity contribution in [2.75, 3.05) is 4.90 Å². The average Bonchev–Trinajstić information content (AvgIpc) is 0.760. The molecule has 6 heterocycles. The summed E-state index contributed by atoms with van der Waals surface area (Å²) in [5.41, 5.74) is 15.5. The molecule has 2 atom stereocenters. The Kier molecular flexibility index (Phi) is 21.8. The Morgan fingerprint density at radius 3 is 1.36 bits per heavy atom. The number of aryl methyl sites for hydroxylation is 4. The number of aromatic nitrogens is 2. The van der Waals surface area contributed by atoms with E-state index in [9.17, 15) is 29.1 Å². The van der Waals surface area contributed by atoms with Gasteiger partial charge in [-0.15, -0.1) is 0 Å². The minimum atomic E-state index is -0.398. The van der Waals surface area contributed by atoms with Gasteiger partial charge in [-0.05, 0) is 147 Å². The molecule has 13 rings (SSSR count). The Hall–Kier alpha value is -9.82. The molecule has 0 spiro atoms. The fourth-order valence-electron chi connectivity index (χ4n) is 11.7. The third-order valence-electron chi connectivity index (χ3n) is 16.7. The molecular formula is C76H82N8O6. The SMILES string of the molecule is CCCCC(CC)N(c1ccc(C2=C([O-])C(=C3C=CC(=[N+](c4ccc(C)cc4C)C(CC)CCCC)C=C3)C2=O)cc1)c1ccc(C)cc1C.O=C1NCc2ccc(cc2)CNC(=O)c2cccc(n2)C(=O)NCc2ccc(cc2)CNC(=O)c2cccc1n2. The Balaban J connectivity index is 0.000000219. The number of allylic oxidation sites excluding steroid dienone is 7. The molecule has 2 aliphatic carbocycles. The monoisotopic (exact) mass is 1200 g/mol. The second-order valence-corrected chi connectivity index (χ2v) is 23.4. The summed E-state index contributed by atoms with van der Waals surface area (Å²) in [6.45, 7) is 18.7. The molecule has 2 aromatic heterocycles. The van der Waals surface area contributed by atoms with Crippen molar-refractivity contribution in [1.29, 1.82) is 0 Å². The van der Waals surface area contributed by atoms with Crippen molar-refractivity contribution in [1.82, 2.24) is 31.2 Å². The van der Waals surface area contributed by atoms with Gasteiger partial charge >= 0.3 is 0 Å². The first kappa shape index (κ1) is 64.6. The van der Waals surface area contributed by atoms with Gasteiger partial charge in [-0.1, -0.05) is 155 Å². The Morgan fingerprint density at radius 1 is 0.500 bits per heavy atom. The van der Waals surface area contributed by atoms with E-state index in [1.54, 1.807) is 36.4 Å². The highest BCUT2D eigenvalue weighted by Crippen LogP contribution is 2.40. The number of ketones is 1. The van der Waals surface area contributed by atoms with Gasteiger partial charge in [0, 0.05) is 91.4 Å². The van der Waals surface area contributed by atoms with Gasteiger partial charge in [0.1, 0.15) is 22.8 Å². The van der Waals surface area contributed by atoms with Crippen LogP contribution in [0.25, 0.3) is 5.57 Å². The van der Waals surface area contributed by atoms with Crippen LogP contribution in [-0.2, 0) is 31.0 Å². The van der Waals surface area contributed by atoms with Gasteiger partial charge in [0.2, 0.25) is 11.4 Å². The van der Waals surface area contributed by atoms with Crippen LogP contribution in [-0.4, -0.2) is 61.8 Å². The molecular weight excluding hydrogens is 1120 g/mol. The van der Waals surface area contributed by atoms with Crippen LogP contribution in [0.15, 0.2) is 187 Å². The molecule has 14 nitrogen and oxygen atoms in total. The van der Waals surface area contributed by atoms with Crippen LogP contribution in [0.4, 0.5) is 17.1 Å². The van der Waals surface area contributed by atoms with Crippen molar-refractivity contribution in [3.8, 4) is 0 Å². The minimum absolute atomic E-state index is 0.137. The van der Waals surface area contributed by atoms with Crippen molar-refractivity contribution in [3.05, 3.63) is 260 Å². The van der Waals surface area contributed by atoms with Gasteiger partial charge in [-0.2, -0.15) is 4.58 Å². The number of benzene rings is 5. The van der Waals surface area contributed by atoms with E-state index in [4.69, 9.17) is 0 Å². The first-order valence-corrected chi connectivity index (χ1v) is 31.6. The summed E-state index contributed by atoms with van der Waals surface area (Å²) in [5, 5.41) is 24.9. The highest BCUT2D eigenvalue weighted by atomic mass is 16.3. The third kappa shape index (κ3) is 15.7. The summed E-state index contributed by atoms with van der Waals surface area (Å²) in [4.78, 5) is 75.2. The molecule has 6 aliphatic rings. The maximum atomic E-state index is 13.6. The standard InChI is InChI=1S/C46H56N2O2.C30H26N6O4/c1-9-13-15-37(11-3)47(41-27-17-31(5)29-33(41)7)39-23-19-35(20-24-39)43-45(49)44(46(43)50)36-21-25-40(26-22-36)48(38(12-4)16-14-10-2)42-28-18-32(6)30-34(42)8;37-27-23-3-1-4-24(35-23)28(38)32-16-20-9-13-22(14-10-20)18-34-30(40)26-6-2-5-25(36-26)29(39)33-17-21-11-7-19(8-12-21)15-31-27/h17-30,37-38H,9-16H2,1-8H3;1-14H,15-18H2,(H,31,37)(H,32,38)(H,33,39)(H,34,40).